The van der Waals surface area contributed by atoms with Crippen LogP contribution in [0.1, 0.15) is 33.5 Å². The summed E-state index contributed by atoms with van der Waals surface area (Å²) in [6.07, 6.45) is 0.591. The maximum Gasteiger partial charge on any atom is 0.257 e. The molecule has 0 fully saturated rings. The molecule has 1 aromatic heterocycles. The number of aromatic nitrogens is 2. The normalized spacial score (nSPS) is 10.6. The molecule has 5 heteroatoms. The Kier molecular flexibility index (Phi) is 5.78. The van der Waals surface area contributed by atoms with Gasteiger partial charge in [-0.15, -0.1) is 0 Å². The summed E-state index contributed by atoms with van der Waals surface area (Å²) in [5.74, 6) is 0.659. The van der Waals surface area contributed by atoms with E-state index in [1.54, 1.807) is 17.7 Å². The van der Waals surface area contributed by atoms with Crippen molar-refractivity contribution in [3.8, 4) is 6.07 Å². The van der Waals surface area contributed by atoms with Crippen molar-refractivity contribution in [3.05, 3.63) is 92.4 Å². The lowest BCUT2D eigenvalue weighted by atomic mass is 10.0. The average molecular weight is 375 g/mol. The zero-order valence-electron chi connectivity index (χ0n) is 15.7. The zero-order valence-corrected chi connectivity index (χ0v) is 16.5. The second kappa shape index (κ2) is 8.24. The Bertz CT molecular complexity index is 1080. The van der Waals surface area contributed by atoms with Gasteiger partial charge in [-0.3, -0.25) is 9.36 Å². The van der Waals surface area contributed by atoms with Crippen molar-refractivity contribution in [3.63, 3.8) is 0 Å². The second-order valence-corrected chi connectivity index (χ2v) is 7.47. The third-order valence-electron chi connectivity index (χ3n) is 4.60. The highest BCUT2D eigenvalue weighted by atomic mass is 32.2. The van der Waals surface area contributed by atoms with E-state index in [4.69, 9.17) is 5.26 Å². The summed E-state index contributed by atoms with van der Waals surface area (Å²) in [5.41, 5.74) is 5.51. The molecule has 0 unspecified atom stereocenters. The van der Waals surface area contributed by atoms with Gasteiger partial charge in [-0.2, -0.15) is 5.26 Å². The summed E-state index contributed by atoms with van der Waals surface area (Å²) < 4.78 is 1.62. The fraction of sp³-hybridized carbons (Fsp3) is 0.227. The van der Waals surface area contributed by atoms with E-state index in [-0.39, 0.29) is 5.56 Å². The molecule has 0 saturated carbocycles. The second-order valence-electron chi connectivity index (χ2n) is 6.53. The molecular formula is C22H21N3OS. The van der Waals surface area contributed by atoms with Crippen LogP contribution in [-0.4, -0.2) is 9.55 Å². The maximum absolute atomic E-state index is 12.9. The van der Waals surface area contributed by atoms with E-state index in [2.05, 4.69) is 30.1 Å². The van der Waals surface area contributed by atoms with E-state index >= 15 is 0 Å². The molecule has 3 aromatic rings. The van der Waals surface area contributed by atoms with Gasteiger partial charge in [-0.1, -0.05) is 48.2 Å². The first kappa shape index (κ1) is 18.9. The van der Waals surface area contributed by atoms with Gasteiger partial charge < -0.3 is 0 Å². The Labute approximate surface area is 163 Å². The summed E-state index contributed by atoms with van der Waals surface area (Å²) in [5, 5.41) is 9.71. The summed E-state index contributed by atoms with van der Waals surface area (Å²) >= 11 is 1.51. The first-order chi connectivity index (χ1) is 13.0. The van der Waals surface area contributed by atoms with Crippen molar-refractivity contribution in [1.29, 1.82) is 5.26 Å². The summed E-state index contributed by atoms with van der Waals surface area (Å²) in [7, 11) is 1.77. The van der Waals surface area contributed by atoms with Gasteiger partial charge >= 0.3 is 0 Å². The Morgan fingerprint density at radius 3 is 2.67 bits per heavy atom. The highest BCUT2D eigenvalue weighted by Crippen LogP contribution is 2.22. The molecule has 0 bridgehead atoms. The number of nitrogens with zero attached hydrogens (tertiary/aromatic N) is 3. The molecule has 0 aliphatic heterocycles. The number of hydrogen-bond acceptors (Lipinski definition) is 4. The van der Waals surface area contributed by atoms with Gasteiger partial charge in [0.05, 0.1) is 11.6 Å². The Balaban J connectivity index is 1.85. The number of hydrogen-bond donors (Lipinski definition) is 0. The van der Waals surface area contributed by atoms with Crippen LogP contribution in [0.5, 0.6) is 0 Å². The quantitative estimate of drug-likeness (QED) is 0.496. The fourth-order valence-electron chi connectivity index (χ4n) is 2.94. The minimum atomic E-state index is -0.000899. The topological polar surface area (TPSA) is 58.7 Å². The van der Waals surface area contributed by atoms with Crippen molar-refractivity contribution >= 4 is 11.8 Å². The molecule has 0 aliphatic rings. The SMILES string of the molecule is Cc1ccccc1Cc1c(C)nc(SCc2cccc(C#N)c2)n(C)c1=O. The molecule has 0 spiro atoms. The molecule has 0 atom stereocenters. The largest absolute Gasteiger partial charge is 0.291 e. The fourth-order valence-corrected chi connectivity index (χ4v) is 3.89. The standard InChI is InChI=1S/C22H21N3OS/c1-15-7-4-5-10-19(15)12-20-16(2)24-22(25(3)21(20)26)27-14-18-9-6-8-17(11-18)13-23/h4-11H,12,14H2,1-3H3. The van der Waals surface area contributed by atoms with E-state index in [1.807, 2.05) is 37.3 Å². The van der Waals surface area contributed by atoms with Crippen LogP contribution in [0.4, 0.5) is 0 Å². The van der Waals surface area contributed by atoms with E-state index < -0.39 is 0 Å². The first-order valence-electron chi connectivity index (χ1n) is 8.72. The van der Waals surface area contributed by atoms with Gasteiger partial charge in [0.25, 0.3) is 5.56 Å². The average Bonchev–Trinajstić information content (AvgIpc) is 2.68. The van der Waals surface area contributed by atoms with Crippen molar-refractivity contribution < 1.29 is 0 Å². The highest BCUT2D eigenvalue weighted by molar-refractivity contribution is 7.98. The number of aryl methyl sites for hydroxylation is 2. The van der Waals surface area contributed by atoms with Gasteiger partial charge in [0.15, 0.2) is 5.16 Å². The number of rotatable bonds is 5. The Hall–Kier alpha value is -2.84. The van der Waals surface area contributed by atoms with Crippen molar-refractivity contribution in [2.45, 2.75) is 31.2 Å². The molecule has 0 aliphatic carbocycles. The van der Waals surface area contributed by atoms with E-state index in [0.29, 0.717) is 22.9 Å². The maximum atomic E-state index is 12.9. The molecule has 1 heterocycles. The molecule has 0 N–H and O–H groups in total. The molecule has 0 radical (unpaired) electrons. The highest BCUT2D eigenvalue weighted by Gasteiger charge is 2.14. The van der Waals surface area contributed by atoms with Crippen LogP contribution in [0.25, 0.3) is 0 Å². The number of thioether (sulfide) groups is 1. The smallest absolute Gasteiger partial charge is 0.257 e. The van der Waals surface area contributed by atoms with Crippen molar-refractivity contribution in [2.75, 3.05) is 0 Å². The monoisotopic (exact) mass is 375 g/mol. The van der Waals surface area contributed by atoms with Gasteiger partial charge in [-0.05, 0) is 42.7 Å². The van der Waals surface area contributed by atoms with Gasteiger partial charge in [-0.25, -0.2) is 4.98 Å². The summed E-state index contributed by atoms with van der Waals surface area (Å²) in [4.78, 5) is 17.6. The molecule has 2 aromatic carbocycles. The lowest BCUT2D eigenvalue weighted by Gasteiger charge is -2.13. The van der Waals surface area contributed by atoms with Crippen molar-refractivity contribution in [2.24, 2.45) is 7.05 Å². The van der Waals surface area contributed by atoms with Gasteiger partial charge in [0, 0.05) is 30.5 Å². The van der Waals surface area contributed by atoms with Crippen LogP contribution < -0.4 is 5.56 Å². The van der Waals surface area contributed by atoms with E-state index in [0.717, 1.165) is 22.4 Å². The minimum absolute atomic E-state index is 0.000899. The third-order valence-corrected chi connectivity index (χ3v) is 5.70. The molecule has 4 nitrogen and oxygen atoms in total. The number of nitriles is 1. The van der Waals surface area contributed by atoms with Gasteiger partial charge in [0.2, 0.25) is 0 Å². The lowest BCUT2D eigenvalue weighted by molar-refractivity contribution is 0.683. The number of benzene rings is 2. The van der Waals surface area contributed by atoms with Crippen LogP contribution in [0.2, 0.25) is 0 Å². The lowest BCUT2D eigenvalue weighted by Crippen LogP contribution is -2.26. The third kappa shape index (κ3) is 4.29. The summed E-state index contributed by atoms with van der Waals surface area (Å²) in [6.45, 7) is 3.96. The first-order valence-corrected chi connectivity index (χ1v) is 9.71. The molecule has 136 valence electrons. The Morgan fingerprint density at radius 2 is 1.93 bits per heavy atom. The Morgan fingerprint density at radius 1 is 1.15 bits per heavy atom. The van der Waals surface area contributed by atoms with Crippen LogP contribution >= 0.6 is 11.8 Å². The van der Waals surface area contributed by atoms with Gasteiger partial charge in [0.1, 0.15) is 0 Å². The van der Waals surface area contributed by atoms with Crippen LogP contribution in [0, 0.1) is 25.2 Å². The van der Waals surface area contributed by atoms with E-state index in [9.17, 15) is 4.79 Å². The predicted octanol–water partition coefficient (Wildman–Crippen LogP) is 4.15. The van der Waals surface area contributed by atoms with E-state index in [1.165, 1.54) is 17.3 Å². The molecule has 0 amide bonds. The van der Waals surface area contributed by atoms with Crippen LogP contribution in [0.3, 0.4) is 0 Å². The van der Waals surface area contributed by atoms with Crippen LogP contribution in [-0.2, 0) is 19.2 Å². The summed E-state index contributed by atoms with van der Waals surface area (Å²) in [6, 6.07) is 17.8. The minimum Gasteiger partial charge on any atom is -0.291 e. The zero-order chi connectivity index (χ0) is 19.4. The van der Waals surface area contributed by atoms with Crippen LogP contribution in [0.15, 0.2) is 58.5 Å². The molecular weight excluding hydrogens is 354 g/mol. The molecule has 0 saturated heterocycles. The molecule has 3 rings (SSSR count). The predicted molar refractivity (Wildman–Crippen MR) is 109 cm³/mol. The van der Waals surface area contributed by atoms with Crippen molar-refractivity contribution in [1.82, 2.24) is 9.55 Å². The molecule has 27 heavy (non-hydrogen) atoms.